The molecule has 200 valence electrons. The van der Waals surface area contributed by atoms with Crippen LogP contribution in [0.1, 0.15) is 45.7 Å². The number of halogens is 1. The molecule has 4 heterocycles. The Morgan fingerprint density at radius 1 is 0.861 bits per heavy atom. The molecule has 2 aromatic rings. The topological polar surface area (TPSA) is 108 Å². The van der Waals surface area contributed by atoms with Gasteiger partial charge in [-0.15, -0.1) is 0 Å². The van der Waals surface area contributed by atoms with Crippen LogP contribution in [0.2, 0.25) is 5.28 Å². The van der Waals surface area contributed by atoms with Crippen LogP contribution in [0.5, 0.6) is 0 Å². The Morgan fingerprint density at radius 3 is 1.75 bits per heavy atom. The van der Waals surface area contributed by atoms with Gasteiger partial charge in [0.25, 0.3) is 0 Å². The average Bonchev–Trinajstić information content (AvgIpc) is 2.90. The van der Waals surface area contributed by atoms with Crippen molar-refractivity contribution in [2.75, 3.05) is 57.3 Å². The SMILES string of the molecule is CC(C)(C)OC(=O)N1CCNCC1.CCc1cnc(Cl)nc1.CCc1cnc(N2CCNCC2)nc1. The second kappa shape index (κ2) is 15.5. The van der Waals surface area contributed by atoms with E-state index in [9.17, 15) is 4.79 Å². The maximum absolute atomic E-state index is 11.5. The summed E-state index contributed by atoms with van der Waals surface area (Å²) in [6.07, 6.45) is 9.06. The van der Waals surface area contributed by atoms with Crippen molar-refractivity contribution in [3.8, 4) is 0 Å². The average molecular weight is 521 g/mol. The first-order valence-electron chi connectivity index (χ1n) is 12.6. The van der Waals surface area contributed by atoms with Gasteiger partial charge in [-0.2, -0.15) is 0 Å². The van der Waals surface area contributed by atoms with Crippen LogP contribution >= 0.6 is 11.6 Å². The molecule has 36 heavy (non-hydrogen) atoms. The molecule has 2 aromatic heterocycles. The van der Waals surface area contributed by atoms with Crippen molar-refractivity contribution in [2.45, 2.75) is 53.1 Å². The highest BCUT2D eigenvalue weighted by Crippen LogP contribution is 2.10. The van der Waals surface area contributed by atoms with E-state index in [1.807, 2.05) is 40.1 Å². The van der Waals surface area contributed by atoms with Gasteiger partial charge in [0.2, 0.25) is 11.2 Å². The zero-order valence-electron chi connectivity index (χ0n) is 22.3. The fourth-order valence-corrected chi connectivity index (χ4v) is 3.35. The minimum absolute atomic E-state index is 0.200. The fourth-order valence-electron chi connectivity index (χ4n) is 3.25. The number of hydrogen-bond donors (Lipinski definition) is 2. The van der Waals surface area contributed by atoms with Gasteiger partial charge in [-0.05, 0) is 56.3 Å². The summed E-state index contributed by atoms with van der Waals surface area (Å²) >= 11 is 5.45. The van der Waals surface area contributed by atoms with Gasteiger partial charge >= 0.3 is 6.09 Å². The summed E-state index contributed by atoms with van der Waals surface area (Å²) < 4.78 is 5.24. The van der Waals surface area contributed by atoms with Gasteiger partial charge < -0.3 is 25.2 Å². The van der Waals surface area contributed by atoms with Crippen LogP contribution in [0.25, 0.3) is 0 Å². The van der Waals surface area contributed by atoms with Crippen molar-refractivity contribution < 1.29 is 9.53 Å². The molecule has 10 nitrogen and oxygen atoms in total. The van der Waals surface area contributed by atoms with Crippen LogP contribution in [0.3, 0.4) is 0 Å². The lowest BCUT2D eigenvalue weighted by atomic mass is 10.2. The minimum atomic E-state index is -0.387. The van der Waals surface area contributed by atoms with Gasteiger partial charge in [-0.1, -0.05) is 13.8 Å². The number of aryl methyl sites for hydroxylation is 2. The Hall–Kier alpha value is -2.56. The highest BCUT2D eigenvalue weighted by Gasteiger charge is 2.22. The smallest absolute Gasteiger partial charge is 0.410 e. The van der Waals surface area contributed by atoms with Crippen LogP contribution in [0, 0.1) is 0 Å². The first-order chi connectivity index (χ1) is 17.2. The number of amides is 1. The highest BCUT2D eigenvalue weighted by molar-refractivity contribution is 6.28. The van der Waals surface area contributed by atoms with E-state index >= 15 is 0 Å². The van der Waals surface area contributed by atoms with E-state index in [4.69, 9.17) is 16.3 Å². The van der Waals surface area contributed by atoms with Gasteiger partial charge in [-0.25, -0.2) is 24.7 Å². The molecule has 0 spiro atoms. The predicted octanol–water partition coefficient (Wildman–Crippen LogP) is 2.97. The Balaban J connectivity index is 0.000000195. The zero-order valence-corrected chi connectivity index (χ0v) is 23.0. The van der Waals surface area contributed by atoms with Crippen LogP contribution < -0.4 is 15.5 Å². The molecule has 0 aliphatic carbocycles. The predicted molar refractivity (Wildman–Crippen MR) is 144 cm³/mol. The lowest BCUT2D eigenvalue weighted by Crippen LogP contribution is -2.48. The van der Waals surface area contributed by atoms with Gasteiger partial charge in [0.05, 0.1) is 0 Å². The van der Waals surface area contributed by atoms with Gasteiger partial charge in [0.15, 0.2) is 0 Å². The molecular weight excluding hydrogens is 480 g/mol. The normalized spacial score (nSPS) is 15.7. The number of carbonyl (C=O) groups is 1. The van der Waals surface area contributed by atoms with Crippen molar-refractivity contribution in [1.82, 2.24) is 35.5 Å². The number of anilines is 1. The maximum Gasteiger partial charge on any atom is 0.410 e. The highest BCUT2D eigenvalue weighted by atomic mass is 35.5. The molecule has 0 radical (unpaired) electrons. The van der Waals surface area contributed by atoms with E-state index in [1.165, 1.54) is 5.56 Å². The molecule has 2 aliphatic heterocycles. The Morgan fingerprint density at radius 2 is 1.31 bits per heavy atom. The minimum Gasteiger partial charge on any atom is -0.444 e. The molecule has 0 bridgehead atoms. The fraction of sp³-hybridized carbons (Fsp3) is 0.640. The number of rotatable bonds is 3. The third-order valence-electron chi connectivity index (χ3n) is 5.35. The number of nitrogens with one attached hydrogen (secondary N) is 2. The van der Waals surface area contributed by atoms with Crippen molar-refractivity contribution in [1.29, 1.82) is 0 Å². The number of carbonyl (C=O) groups excluding carboxylic acids is 1. The molecule has 0 atom stereocenters. The molecule has 0 saturated carbocycles. The van der Waals surface area contributed by atoms with Gasteiger partial charge in [-0.3, -0.25) is 0 Å². The molecule has 2 saturated heterocycles. The standard InChI is InChI=1S/C10H16N4.C9H18N2O2.C6H7ClN2/c1-2-9-7-12-10(13-8-9)14-5-3-11-4-6-14;1-9(2,3)13-8(12)11-6-4-10-5-7-11;1-2-5-3-8-6(7)9-4-5/h7-8,11H,2-6H2,1H3;10H,4-7H2,1-3H3;3-4H,2H2,1H3. The summed E-state index contributed by atoms with van der Waals surface area (Å²) in [5.41, 5.74) is 1.92. The van der Waals surface area contributed by atoms with E-state index in [1.54, 1.807) is 17.3 Å². The molecular formula is C25H41ClN8O2. The number of piperazine rings is 2. The third kappa shape index (κ3) is 11.5. The van der Waals surface area contributed by atoms with E-state index in [-0.39, 0.29) is 11.7 Å². The van der Waals surface area contributed by atoms with Crippen molar-refractivity contribution in [3.05, 3.63) is 41.2 Å². The Bertz CT molecular complexity index is 878. The number of ether oxygens (including phenoxy) is 1. The first kappa shape index (κ1) is 29.7. The molecule has 11 heteroatoms. The lowest BCUT2D eigenvalue weighted by Gasteiger charge is -2.30. The number of aromatic nitrogens is 4. The van der Waals surface area contributed by atoms with E-state index in [0.29, 0.717) is 5.28 Å². The molecule has 2 fully saturated rings. The van der Waals surface area contributed by atoms with E-state index < -0.39 is 0 Å². The molecule has 1 amide bonds. The maximum atomic E-state index is 11.5. The Labute approximate surface area is 220 Å². The van der Waals surface area contributed by atoms with Crippen molar-refractivity contribution in [3.63, 3.8) is 0 Å². The van der Waals surface area contributed by atoms with Crippen LogP contribution in [-0.2, 0) is 17.6 Å². The summed E-state index contributed by atoms with van der Waals surface area (Å²) in [5, 5.41) is 6.81. The summed E-state index contributed by atoms with van der Waals surface area (Å²) in [6, 6.07) is 0. The van der Waals surface area contributed by atoms with Gasteiger partial charge in [0.1, 0.15) is 5.60 Å². The van der Waals surface area contributed by atoms with Gasteiger partial charge in [0, 0.05) is 77.1 Å². The number of hydrogen-bond acceptors (Lipinski definition) is 9. The second-order valence-corrected chi connectivity index (χ2v) is 9.75. The van der Waals surface area contributed by atoms with Crippen LogP contribution in [0.15, 0.2) is 24.8 Å². The summed E-state index contributed by atoms with van der Waals surface area (Å²) in [4.78, 5) is 31.8. The molecule has 4 rings (SSSR count). The number of nitrogens with zero attached hydrogens (tertiary/aromatic N) is 6. The largest absolute Gasteiger partial charge is 0.444 e. The van der Waals surface area contributed by atoms with Crippen LogP contribution in [-0.4, -0.2) is 88.9 Å². The Kier molecular flexibility index (Phi) is 12.8. The first-order valence-corrected chi connectivity index (χ1v) is 13.0. The summed E-state index contributed by atoms with van der Waals surface area (Å²) in [6.45, 7) is 17.1. The quantitative estimate of drug-likeness (QED) is 0.590. The molecule has 0 unspecified atom stereocenters. The monoisotopic (exact) mass is 520 g/mol. The summed E-state index contributed by atoms with van der Waals surface area (Å²) in [5.74, 6) is 0.865. The van der Waals surface area contributed by atoms with Crippen molar-refractivity contribution >= 4 is 23.6 Å². The molecule has 2 aliphatic rings. The zero-order chi connectivity index (χ0) is 26.4. The van der Waals surface area contributed by atoms with E-state index in [2.05, 4.69) is 42.4 Å². The second-order valence-electron chi connectivity index (χ2n) is 9.41. The third-order valence-corrected chi connectivity index (χ3v) is 5.55. The molecule has 0 aromatic carbocycles. The lowest BCUT2D eigenvalue weighted by molar-refractivity contribution is 0.0229. The summed E-state index contributed by atoms with van der Waals surface area (Å²) in [7, 11) is 0. The van der Waals surface area contributed by atoms with Crippen LogP contribution in [0.4, 0.5) is 10.7 Å². The van der Waals surface area contributed by atoms with E-state index in [0.717, 1.165) is 76.7 Å². The molecule has 2 N–H and O–H groups in total. The van der Waals surface area contributed by atoms with Crippen molar-refractivity contribution in [2.24, 2.45) is 0 Å².